The number of nitrogens with zero attached hydrogens (tertiary/aromatic N) is 3. The maximum atomic E-state index is 12.1. The summed E-state index contributed by atoms with van der Waals surface area (Å²) in [6, 6.07) is 5.60. The molecule has 0 saturated carbocycles. The lowest BCUT2D eigenvalue weighted by Gasteiger charge is -2.07. The van der Waals surface area contributed by atoms with Crippen LogP contribution in [0.2, 0.25) is 0 Å². The first-order valence-corrected chi connectivity index (χ1v) is 7.42. The number of H-pyrrole nitrogens is 1. The van der Waals surface area contributed by atoms with Crippen LogP contribution >= 0.6 is 0 Å². The van der Waals surface area contributed by atoms with Gasteiger partial charge in [0.05, 0.1) is 17.4 Å². The Morgan fingerprint density at radius 3 is 2.83 bits per heavy atom. The van der Waals surface area contributed by atoms with Crippen molar-refractivity contribution < 1.29 is 4.79 Å². The van der Waals surface area contributed by atoms with Crippen molar-refractivity contribution >= 4 is 22.6 Å². The highest BCUT2D eigenvalue weighted by Gasteiger charge is 2.10. The van der Waals surface area contributed by atoms with Gasteiger partial charge in [0.25, 0.3) is 0 Å². The molecule has 2 aromatic heterocycles. The highest BCUT2D eigenvalue weighted by molar-refractivity contribution is 5.93. The van der Waals surface area contributed by atoms with Gasteiger partial charge in [-0.1, -0.05) is 0 Å². The number of rotatable bonds is 4. The van der Waals surface area contributed by atoms with Gasteiger partial charge in [0, 0.05) is 37.1 Å². The third kappa shape index (κ3) is 2.90. The lowest BCUT2D eigenvalue weighted by Crippen LogP contribution is -2.22. The van der Waals surface area contributed by atoms with Crippen molar-refractivity contribution in [2.45, 2.75) is 26.8 Å². The predicted octanol–water partition coefficient (Wildman–Crippen LogP) is 1.71. The van der Waals surface area contributed by atoms with Crippen molar-refractivity contribution in [2.75, 3.05) is 5.32 Å². The van der Waals surface area contributed by atoms with Crippen molar-refractivity contribution in [2.24, 2.45) is 7.05 Å². The molecule has 1 amide bonds. The number of anilines is 1. The first kappa shape index (κ1) is 15.1. The van der Waals surface area contributed by atoms with Crippen molar-refractivity contribution in [1.82, 2.24) is 19.1 Å². The molecule has 120 valence electrons. The molecule has 2 N–H and O–H groups in total. The third-order valence-electron chi connectivity index (χ3n) is 4.06. The lowest BCUT2D eigenvalue weighted by atomic mass is 10.2. The summed E-state index contributed by atoms with van der Waals surface area (Å²) in [5, 5.41) is 2.85. The molecule has 2 heterocycles. The van der Waals surface area contributed by atoms with Crippen LogP contribution in [0.15, 0.2) is 29.3 Å². The van der Waals surface area contributed by atoms with Crippen molar-refractivity contribution in [3.8, 4) is 0 Å². The smallest absolute Gasteiger partial charge is 0.325 e. The van der Waals surface area contributed by atoms with E-state index >= 15 is 0 Å². The van der Waals surface area contributed by atoms with Gasteiger partial charge in [0.2, 0.25) is 5.91 Å². The van der Waals surface area contributed by atoms with Crippen LogP contribution < -0.4 is 11.0 Å². The maximum Gasteiger partial charge on any atom is 0.325 e. The summed E-state index contributed by atoms with van der Waals surface area (Å²) < 4.78 is 3.50. The second kappa shape index (κ2) is 5.75. The standard InChI is InChI=1S/C16H19N5O2/c1-10-11(2)21(16(23)18-10)7-6-15(22)19-12-4-5-14-13(8-12)17-9-20(14)3/h4-5,8-9H,6-7H2,1-3H3,(H,18,23)(H,19,22). The summed E-state index contributed by atoms with van der Waals surface area (Å²) in [5.74, 6) is -0.134. The fraction of sp³-hybridized carbons (Fsp3) is 0.312. The number of benzene rings is 1. The van der Waals surface area contributed by atoms with Crippen LogP contribution in [0, 0.1) is 13.8 Å². The Morgan fingerprint density at radius 2 is 2.13 bits per heavy atom. The molecular formula is C16H19N5O2. The van der Waals surface area contributed by atoms with Crippen molar-refractivity contribution in [1.29, 1.82) is 0 Å². The van der Waals surface area contributed by atoms with E-state index in [1.54, 1.807) is 10.9 Å². The van der Waals surface area contributed by atoms with Crippen LogP contribution in [0.3, 0.4) is 0 Å². The van der Waals surface area contributed by atoms with Crippen LogP contribution in [0.25, 0.3) is 11.0 Å². The van der Waals surface area contributed by atoms with Crippen LogP contribution in [0.5, 0.6) is 0 Å². The Balaban J connectivity index is 1.67. The lowest BCUT2D eigenvalue weighted by molar-refractivity contribution is -0.116. The van der Waals surface area contributed by atoms with Crippen molar-refractivity contribution in [3.05, 3.63) is 46.4 Å². The fourth-order valence-corrected chi connectivity index (χ4v) is 2.59. The van der Waals surface area contributed by atoms with E-state index in [0.717, 1.165) is 22.4 Å². The first-order chi connectivity index (χ1) is 11.0. The van der Waals surface area contributed by atoms with Gasteiger partial charge < -0.3 is 14.9 Å². The summed E-state index contributed by atoms with van der Waals surface area (Å²) in [5.41, 5.74) is 4.05. The first-order valence-electron chi connectivity index (χ1n) is 7.42. The fourth-order valence-electron chi connectivity index (χ4n) is 2.59. The number of hydrogen-bond donors (Lipinski definition) is 2. The minimum atomic E-state index is -0.178. The number of aromatic amines is 1. The molecule has 0 aliphatic rings. The zero-order valence-electron chi connectivity index (χ0n) is 13.4. The summed E-state index contributed by atoms with van der Waals surface area (Å²) in [6.07, 6.45) is 1.97. The van der Waals surface area contributed by atoms with E-state index in [2.05, 4.69) is 15.3 Å². The number of carbonyl (C=O) groups is 1. The number of fused-ring (bicyclic) bond motifs is 1. The Hall–Kier alpha value is -2.83. The van der Waals surface area contributed by atoms with Crippen LogP contribution in [-0.2, 0) is 18.4 Å². The molecule has 0 fully saturated rings. The van der Waals surface area contributed by atoms with Gasteiger partial charge in [-0.25, -0.2) is 9.78 Å². The minimum Gasteiger partial charge on any atom is -0.334 e. The average molecular weight is 313 g/mol. The molecule has 1 aromatic carbocycles. The summed E-state index contributed by atoms with van der Waals surface area (Å²) >= 11 is 0. The number of aromatic nitrogens is 4. The molecular weight excluding hydrogens is 294 g/mol. The zero-order chi connectivity index (χ0) is 16.6. The molecule has 7 heteroatoms. The normalized spacial score (nSPS) is 11.1. The molecule has 0 aliphatic carbocycles. The van der Waals surface area contributed by atoms with Gasteiger partial charge in [0.1, 0.15) is 0 Å². The molecule has 3 aromatic rings. The molecule has 0 saturated heterocycles. The van der Waals surface area contributed by atoms with E-state index in [4.69, 9.17) is 0 Å². The van der Waals surface area contributed by atoms with Gasteiger partial charge in [-0.3, -0.25) is 9.36 Å². The van der Waals surface area contributed by atoms with E-state index < -0.39 is 0 Å². The quantitative estimate of drug-likeness (QED) is 0.769. The zero-order valence-corrected chi connectivity index (χ0v) is 13.4. The second-order valence-corrected chi connectivity index (χ2v) is 5.65. The molecule has 3 rings (SSSR count). The van der Waals surface area contributed by atoms with E-state index in [9.17, 15) is 9.59 Å². The SMILES string of the molecule is Cc1[nH]c(=O)n(CCC(=O)Nc2ccc3c(c2)ncn3C)c1C. The highest BCUT2D eigenvalue weighted by Crippen LogP contribution is 2.17. The monoisotopic (exact) mass is 313 g/mol. The summed E-state index contributed by atoms with van der Waals surface area (Å²) in [7, 11) is 1.92. The van der Waals surface area contributed by atoms with Gasteiger partial charge in [-0.05, 0) is 32.0 Å². The Bertz CT molecular complexity index is 932. The number of carbonyl (C=O) groups excluding carboxylic acids is 1. The topological polar surface area (TPSA) is 84.7 Å². The van der Waals surface area contributed by atoms with Gasteiger partial charge in [0.15, 0.2) is 0 Å². The molecule has 23 heavy (non-hydrogen) atoms. The maximum absolute atomic E-state index is 12.1. The van der Waals surface area contributed by atoms with E-state index in [-0.39, 0.29) is 18.0 Å². The molecule has 0 unspecified atom stereocenters. The van der Waals surface area contributed by atoms with Crippen molar-refractivity contribution in [3.63, 3.8) is 0 Å². The number of hydrogen-bond acceptors (Lipinski definition) is 3. The van der Waals surface area contributed by atoms with E-state index in [1.807, 2.05) is 43.7 Å². The molecule has 0 aliphatic heterocycles. The van der Waals surface area contributed by atoms with Crippen LogP contribution in [0.1, 0.15) is 17.8 Å². The van der Waals surface area contributed by atoms with E-state index in [1.165, 1.54) is 0 Å². The third-order valence-corrected chi connectivity index (χ3v) is 4.06. The minimum absolute atomic E-state index is 0.134. The molecule has 0 spiro atoms. The molecule has 0 radical (unpaired) electrons. The highest BCUT2D eigenvalue weighted by atomic mass is 16.2. The Kier molecular flexibility index (Phi) is 3.77. The molecule has 7 nitrogen and oxygen atoms in total. The predicted molar refractivity (Wildman–Crippen MR) is 88.5 cm³/mol. The second-order valence-electron chi connectivity index (χ2n) is 5.65. The number of nitrogens with one attached hydrogen (secondary N) is 2. The summed E-state index contributed by atoms with van der Waals surface area (Å²) in [4.78, 5) is 30.8. The average Bonchev–Trinajstić information content (AvgIpc) is 2.98. The van der Waals surface area contributed by atoms with Crippen LogP contribution in [-0.4, -0.2) is 25.0 Å². The largest absolute Gasteiger partial charge is 0.334 e. The number of imidazole rings is 2. The van der Waals surface area contributed by atoms with Gasteiger partial charge in [-0.2, -0.15) is 0 Å². The Labute approximate surface area is 133 Å². The Morgan fingerprint density at radius 1 is 1.35 bits per heavy atom. The molecule has 0 bridgehead atoms. The van der Waals surface area contributed by atoms with E-state index in [0.29, 0.717) is 12.2 Å². The number of aryl methyl sites for hydroxylation is 2. The molecule has 0 atom stereocenters. The van der Waals surface area contributed by atoms with Gasteiger partial charge in [-0.15, -0.1) is 0 Å². The number of amides is 1. The van der Waals surface area contributed by atoms with Crippen LogP contribution in [0.4, 0.5) is 5.69 Å². The van der Waals surface area contributed by atoms with Gasteiger partial charge >= 0.3 is 5.69 Å². The summed E-state index contributed by atoms with van der Waals surface area (Å²) in [6.45, 7) is 4.06.